The van der Waals surface area contributed by atoms with Crippen LogP contribution in [0.25, 0.3) is 0 Å². The minimum absolute atomic E-state index is 0.237. The third kappa shape index (κ3) is 9.63. The van der Waals surface area contributed by atoms with Crippen LogP contribution in [0.4, 0.5) is 13.2 Å². The molecule has 2 nitrogen and oxygen atoms in total. The molecule has 5 heteroatoms. The Morgan fingerprint density at radius 3 is 2.46 bits per heavy atom. The SMILES string of the molecule is CCCCC(O)COCC(F)(F)F. The minimum Gasteiger partial charge on any atom is -0.391 e. The van der Waals surface area contributed by atoms with Gasteiger partial charge in [0.25, 0.3) is 0 Å². The van der Waals surface area contributed by atoms with E-state index in [1.165, 1.54) is 0 Å². The number of aliphatic hydroxyl groups excluding tert-OH is 1. The number of rotatable bonds is 6. The molecule has 0 aromatic heterocycles. The van der Waals surface area contributed by atoms with Gasteiger partial charge in [0, 0.05) is 0 Å². The van der Waals surface area contributed by atoms with Gasteiger partial charge in [0.1, 0.15) is 6.61 Å². The molecule has 1 unspecified atom stereocenters. The van der Waals surface area contributed by atoms with Gasteiger partial charge in [0.2, 0.25) is 0 Å². The highest BCUT2D eigenvalue weighted by Gasteiger charge is 2.27. The van der Waals surface area contributed by atoms with Gasteiger partial charge in [-0.15, -0.1) is 0 Å². The lowest BCUT2D eigenvalue weighted by atomic mass is 10.2. The topological polar surface area (TPSA) is 29.5 Å². The zero-order valence-corrected chi connectivity index (χ0v) is 7.60. The number of hydrogen-bond donors (Lipinski definition) is 1. The van der Waals surface area contributed by atoms with Crippen LogP contribution >= 0.6 is 0 Å². The van der Waals surface area contributed by atoms with E-state index in [2.05, 4.69) is 4.74 Å². The van der Waals surface area contributed by atoms with E-state index in [9.17, 15) is 13.2 Å². The predicted octanol–water partition coefficient (Wildman–Crippen LogP) is 2.12. The van der Waals surface area contributed by atoms with Gasteiger partial charge in [0.15, 0.2) is 0 Å². The van der Waals surface area contributed by atoms with Crippen LogP contribution in [0.1, 0.15) is 26.2 Å². The van der Waals surface area contributed by atoms with Crippen molar-refractivity contribution in [2.75, 3.05) is 13.2 Å². The summed E-state index contributed by atoms with van der Waals surface area (Å²) in [5.74, 6) is 0. The molecule has 1 N–H and O–H groups in total. The number of hydrogen-bond acceptors (Lipinski definition) is 2. The number of alkyl halides is 3. The van der Waals surface area contributed by atoms with Crippen molar-refractivity contribution >= 4 is 0 Å². The second kappa shape index (κ2) is 6.21. The quantitative estimate of drug-likeness (QED) is 0.711. The molecule has 0 aliphatic rings. The molecule has 0 radical (unpaired) electrons. The molecular formula is C8H15F3O2. The molecule has 0 saturated heterocycles. The first-order chi connectivity index (χ1) is 5.95. The fraction of sp³-hybridized carbons (Fsp3) is 1.00. The molecule has 0 aromatic carbocycles. The summed E-state index contributed by atoms with van der Waals surface area (Å²) in [7, 11) is 0. The molecule has 0 aliphatic carbocycles. The van der Waals surface area contributed by atoms with Gasteiger partial charge in [-0.05, 0) is 6.42 Å². The Labute approximate surface area is 75.7 Å². The zero-order valence-electron chi connectivity index (χ0n) is 7.60. The van der Waals surface area contributed by atoms with E-state index in [4.69, 9.17) is 5.11 Å². The van der Waals surface area contributed by atoms with Crippen LogP contribution < -0.4 is 0 Å². The summed E-state index contributed by atoms with van der Waals surface area (Å²) in [6.45, 7) is 0.430. The lowest BCUT2D eigenvalue weighted by Crippen LogP contribution is -2.22. The molecule has 0 aliphatic heterocycles. The van der Waals surface area contributed by atoms with Gasteiger partial charge in [-0.3, -0.25) is 0 Å². The van der Waals surface area contributed by atoms with Gasteiger partial charge in [-0.2, -0.15) is 13.2 Å². The lowest BCUT2D eigenvalue weighted by Gasteiger charge is -2.11. The first-order valence-electron chi connectivity index (χ1n) is 4.28. The summed E-state index contributed by atoms with van der Waals surface area (Å²) in [6, 6.07) is 0. The van der Waals surface area contributed by atoms with Gasteiger partial charge in [-0.1, -0.05) is 19.8 Å². The second-order valence-corrected chi connectivity index (χ2v) is 2.93. The van der Waals surface area contributed by atoms with Crippen LogP contribution in [0.15, 0.2) is 0 Å². The molecule has 0 heterocycles. The highest BCUT2D eigenvalue weighted by molar-refractivity contribution is 4.54. The Hall–Kier alpha value is -0.290. The van der Waals surface area contributed by atoms with Crippen molar-refractivity contribution in [3.05, 3.63) is 0 Å². The van der Waals surface area contributed by atoms with E-state index < -0.39 is 18.9 Å². The second-order valence-electron chi connectivity index (χ2n) is 2.93. The summed E-state index contributed by atoms with van der Waals surface area (Å²) in [5, 5.41) is 9.08. The van der Waals surface area contributed by atoms with Crippen molar-refractivity contribution in [3.8, 4) is 0 Å². The molecule has 0 bridgehead atoms. The molecule has 80 valence electrons. The Morgan fingerprint density at radius 1 is 1.38 bits per heavy atom. The van der Waals surface area contributed by atoms with Crippen molar-refractivity contribution in [2.24, 2.45) is 0 Å². The third-order valence-corrected chi connectivity index (χ3v) is 1.47. The normalized spacial score (nSPS) is 14.5. The number of halogens is 3. The van der Waals surface area contributed by atoms with E-state index in [-0.39, 0.29) is 6.61 Å². The zero-order chi connectivity index (χ0) is 10.3. The molecule has 0 saturated carbocycles. The molecule has 0 rings (SSSR count). The Morgan fingerprint density at radius 2 is 2.00 bits per heavy atom. The summed E-state index contributed by atoms with van der Waals surface area (Å²) in [6.07, 6.45) is -2.87. The molecule has 0 aromatic rings. The largest absolute Gasteiger partial charge is 0.411 e. The van der Waals surface area contributed by atoms with E-state index in [1.54, 1.807) is 0 Å². The van der Waals surface area contributed by atoms with Crippen LogP contribution in [-0.4, -0.2) is 30.6 Å². The molecule has 0 amide bonds. The molecule has 13 heavy (non-hydrogen) atoms. The maximum atomic E-state index is 11.6. The highest BCUT2D eigenvalue weighted by atomic mass is 19.4. The highest BCUT2D eigenvalue weighted by Crippen LogP contribution is 2.14. The third-order valence-electron chi connectivity index (χ3n) is 1.47. The van der Waals surface area contributed by atoms with Crippen molar-refractivity contribution in [1.82, 2.24) is 0 Å². The monoisotopic (exact) mass is 200 g/mol. The summed E-state index contributed by atoms with van der Waals surface area (Å²) in [4.78, 5) is 0. The van der Waals surface area contributed by atoms with Crippen LogP contribution in [0.2, 0.25) is 0 Å². The fourth-order valence-electron chi connectivity index (χ4n) is 0.834. The standard InChI is InChI=1S/C8H15F3O2/c1-2-3-4-7(12)5-13-6-8(9,10)11/h7,12H,2-6H2,1H3. The van der Waals surface area contributed by atoms with E-state index >= 15 is 0 Å². The summed E-state index contributed by atoms with van der Waals surface area (Å²) < 4.78 is 38.9. The van der Waals surface area contributed by atoms with E-state index in [0.29, 0.717) is 6.42 Å². The fourth-order valence-corrected chi connectivity index (χ4v) is 0.834. The summed E-state index contributed by atoms with van der Waals surface area (Å²) in [5.41, 5.74) is 0. The van der Waals surface area contributed by atoms with Gasteiger partial charge >= 0.3 is 6.18 Å². The van der Waals surface area contributed by atoms with Gasteiger partial charge in [-0.25, -0.2) is 0 Å². The predicted molar refractivity (Wildman–Crippen MR) is 42.4 cm³/mol. The van der Waals surface area contributed by atoms with Gasteiger partial charge in [0.05, 0.1) is 12.7 Å². The average Bonchev–Trinajstić information content (AvgIpc) is 1.98. The summed E-state index contributed by atoms with van der Waals surface area (Å²) >= 11 is 0. The van der Waals surface area contributed by atoms with E-state index in [1.807, 2.05) is 6.92 Å². The van der Waals surface area contributed by atoms with Crippen molar-refractivity contribution in [2.45, 2.75) is 38.5 Å². The van der Waals surface area contributed by atoms with Crippen molar-refractivity contribution in [1.29, 1.82) is 0 Å². The van der Waals surface area contributed by atoms with Crippen LogP contribution in [0.3, 0.4) is 0 Å². The van der Waals surface area contributed by atoms with Crippen LogP contribution in [0, 0.1) is 0 Å². The lowest BCUT2D eigenvalue weighted by molar-refractivity contribution is -0.179. The first-order valence-corrected chi connectivity index (χ1v) is 4.28. The number of ether oxygens (including phenoxy) is 1. The Bertz CT molecular complexity index is 125. The smallest absolute Gasteiger partial charge is 0.391 e. The molecular weight excluding hydrogens is 185 g/mol. The number of unbranched alkanes of at least 4 members (excludes halogenated alkanes) is 1. The van der Waals surface area contributed by atoms with Crippen LogP contribution in [-0.2, 0) is 4.74 Å². The van der Waals surface area contributed by atoms with Crippen LogP contribution in [0.5, 0.6) is 0 Å². The van der Waals surface area contributed by atoms with E-state index in [0.717, 1.165) is 12.8 Å². The van der Waals surface area contributed by atoms with Crippen molar-refractivity contribution < 1.29 is 23.0 Å². The molecule has 0 fully saturated rings. The van der Waals surface area contributed by atoms with Crippen molar-refractivity contribution in [3.63, 3.8) is 0 Å². The molecule has 1 atom stereocenters. The molecule has 0 spiro atoms. The maximum Gasteiger partial charge on any atom is 0.411 e. The number of aliphatic hydroxyl groups is 1. The Balaban J connectivity index is 3.31. The van der Waals surface area contributed by atoms with Gasteiger partial charge < -0.3 is 9.84 Å². The first kappa shape index (κ1) is 12.7. The minimum atomic E-state index is -4.30. The Kier molecular flexibility index (Phi) is 6.07. The average molecular weight is 200 g/mol. The maximum absolute atomic E-state index is 11.6.